The van der Waals surface area contributed by atoms with Crippen LogP contribution in [-0.2, 0) is 4.79 Å². The zero-order valence-electron chi connectivity index (χ0n) is 15.8. The molecule has 0 spiro atoms. The first-order valence-electron chi connectivity index (χ1n) is 9.86. The molecule has 144 valence electrons. The molecular formula is C21H36O4. The van der Waals surface area contributed by atoms with Crippen LogP contribution >= 0.6 is 0 Å². The first-order chi connectivity index (χ1) is 12.0. The smallest absolute Gasteiger partial charge is 0.303 e. The van der Waals surface area contributed by atoms with Crippen LogP contribution in [0.3, 0.4) is 0 Å². The van der Waals surface area contributed by atoms with Gasteiger partial charge in [0.15, 0.2) is 0 Å². The van der Waals surface area contributed by atoms with E-state index in [0.717, 1.165) is 12.8 Å². The number of hydrogen-bond donors (Lipinski definition) is 3. The molecule has 0 aromatic heterocycles. The molecule has 1 rings (SSSR count). The number of rotatable bonds is 12. The Bertz CT molecular complexity index is 430. The van der Waals surface area contributed by atoms with Gasteiger partial charge in [0.1, 0.15) is 0 Å². The number of carboxylic acid groups (broad SMARTS) is 1. The van der Waals surface area contributed by atoms with Gasteiger partial charge in [-0.05, 0) is 37.5 Å². The van der Waals surface area contributed by atoms with Crippen LogP contribution in [-0.4, -0.2) is 33.5 Å². The molecule has 5 unspecified atom stereocenters. The summed E-state index contributed by atoms with van der Waals surface area (Å²) in [7, 11) is 0. The molecule has 4 nitrogen and oxygen atoms in total. The van der Waals surface area contributed by atoms with E-state index in [-0.39, 0.29) is 18.3 Å². The summed E-state index contributed by atoms with van der Waals surface area (Å²) in [5, 5.41) is 29.1. The Labute approximate surface area is 152 Å². The second-order valence-electron chi connectivity index (χ2n) is 7.46. The Balaban J connectivity index is 2.46. The molecule has 0 bridgehead atoms. The minimum atomic E-state index is -0.763. The maximum absolute atomic E-state index is 10.5. The molecule has 0 aromatic rings. The van der Waals surface area contributed by atoms with E-state index in [4.69, 9.17) is 5.11 Å². The van der Waals surface area contributed by atoms with Crippen LogP contribution < -0.4 is 0 Å². The highest BCUT2D eigenvalue weighted by atomic mass is 16.4. The van der Waals surface area contributed by atoms with Gasteiger partial charge in [-0.2, -0.15) is 0 Å². The first kappa shape index (κ1) is 21.9. The third kappa shape index (κ3) is 8.68. The zero-order chi connectivity index (χ0) is 18.7. The Kier molecular flexibility index (Phi) is 10.7. The summed E-state index contributed by atoms with van der Waals surface area (Å²) in [4.78, 5) is 10.5. The average Bonchev–Trinajstić information content (AvgIpc) is 2.82. The molecule has 5 atom stereocenters. The van der Waals surface area contributed by atoms with Gasteiger partial charge in [0, 0.05) is 18.8 Å². The zero-order valence-corrected chi connectivity index (χ0v) is 15.8. The van der Waals surface area contributed by atoms with Crippen LogP contribution in [0.25, 0.3) is 0 Å². The van der Waals surface area contributed by atoms with E-state index >= 15 is 0 Å². The predicted octanol–water partition coefficient (Wildman–Crippen LogP) is 4.32. The van der Waals surface area contributed by atoms with Crippen LogP contribution in [0.15, 0.2) is 24.3 Å². The lowest BCUT2D eigenvalue weighted by atomic mass is 9.88. The van der Waals surface area contributed by atoms with E-state index in [9.17, 15) is 15.0 Å². The molecule has 1 aliphatic carbocycles. The number of allylic oxidation sites excluding steroid dienone is 3. The molecule has 4 heteroatoms. The molecule has 0 aromatic carbocycles. The van der Waals surface area contributed by atoms with Crippen molar-refractivity contribution in [3.05, 3.63) is 24.3 Å². The van der Waals surface area contributed by atoms with Crippen LogP contribution in [0.4, 0.5) is 0 Å². The van der Waals surface area contributed by atoms with E-state index in [1.165, 1.54) is 25.7 Å². The second-order valence-corrected chi connectivity index (χ2v) is 7.46. The lowest BCUT2D eigenvalue weighted by molar-refractivity contribution is -0.137. The molecule has 1 aliphatic rings. The van der Waals surface area contributed by atoms with Gasteiger partial charge >= 0.3 is 5.97 Å². The Morgan fingerprint density at radius 1 is 1.16 bits per heavy atom. The highest BCUT2D eigenvalue weighted by Gasteiger charge is 2.39. The van der Waals surface area contributed by atoms with Crippen molar-refractivity contribution in [1.82, 2.24) is 0 Å². The molecule has 0 amide bonds. The van der Waals surface area contributed by atoms with Crippen molar-refractivity contribution in [1.29, 1.82) is 0 Å². The predicted molar refractivity (Wildman–Crippen MR) is 101 cm³/mol. The molecule has 0 saturated heterocycles. The molecule has 25 heavy (non-hydrogen) atoms. The van der Waals surface area contributed by atoms with Crippen molar-refractivity contribution in [2.24, 2.45) is 17.8 Å². The summed E-state index contributed by atoms with van der Waals surface area (Å²) in [5.74, 6) is -0.207. The number of hydrogen-bond acceptors (Lipinski definition) is 3. The maximum Gasteiger partial charge on any atom is 0.303 e. The molecule has 1 fully saturated rings. The summed E-state index contributed by atoms with van der Waals surface area (Å²) in [6.45, 7) is 4.41. The summed E-state index contributed by atoms with van der Waals surface area (Å²) in [6, 6.07) is 0. The van der Waals surface area contributed by atoms with Crippen molar-refractivity contribution < 1.29 is 20.1 Å². The van der Waals surface area contributed by atoms with Gasteiger partial charge in [-0.25, -0.2) is 0 Å². The van der Waals surface area contributed by atoms with Gasteiger partial charge in [0.25, 0.3) is 0 Å². The minimum absolute atomic E-state index is 0.00675. The third-order valence-corrected chi connectivity index (χ3v) is 5.18. The minimum Gasteiger partial charge on any atom is -0.481 e. The average molecular weight is 353 g/mol. The molecule has 3 N–H and O–H groups in total. The summed E-state index contributed by atoms with van der Waals surface area (Å²) in [6.07, 6.45) is 15.0. The van der Waals surface area contributed by atoms with Gasteiger partial charge in [-0.3, -0.25) is 4.79 Å². The molecule has 0 aliphatic heterocycles. The highest BCUT2D eigenvalue weighted by molar-refractivity contribution is 5.66. The van der Waals surface area contributed by atoms with Crippen LogP contribution in [0, 0.1) is 17.8 Å². The number of unbranched alkanes of at least 4 members (excludes halogenated alkanes) is 3. The number of carboxylic acids is 1. The summed E-state index contributed by atoms with van der Waals surface area (Å²) >= 11 is 0. The lowest BCUT2D eigenvalue weighted by Crippen LogP contribution is -2.20. The van der Waals surface area contributed by atoms with Crippen molar-refractivity contribution in [3.8, 4) is 0 Å². The maximum atomic E-state index is 10.5. The molecule has 0 radical (unpaired) electrons. The van der Waals surface area contributed by atoms with Crippen molar-refractivity contribution >= 4 is 5.97 Å². The largest absolute Gasteiger partial charge is 0.481 e. The van der Waals surface area contributed by atoms with E-state index in [1.807, 2.05) is 12.2 Å². The number of aliphatic carboxylic acids is 1. The number of aliphatic hydroxyl groups is 2. The SMILES string of the molecule is CCCCCC(C)C=CC1C(O)CC(O)C1CC=CCCCC(=O)O. The van der Waals surface area contributed by atoms with Gasteiger partial charge in [-0.15, -0.1) is 0 Å². The van der Waals surface area contributed by atoms with Crippen molar-refractivity contribution in [2.45, 2.75) is 83.8 Å². The van der Waals surface area contributed by atoms with Gasteiger partial charge in [0.2, 0.25) is 0 Å². The normalized spacial score (nSPS) is 28.2. The lowest BCUT2D eigenvalue weighted by Gasteiger charge is -2.19. The van der Waals surface area contributed by atoms with E-state index < -0.39 is 18.2 Å². The summed E-state index contributed by atoms with van der Waals surface area (Å²) in [5.41, 5.74) is 0. The third-order valence-electron chi connectivity index (χ3n) is 5.18. The van der Waals surface area contributed by atoms with Crippen molar-refractivity contribution in [3.63, 3.8) is 0 Å². The first-order valence-corrected chi connectivity index (χ1v) is 9.86. The summed E-state index contributed by atoms with van der Waals surface area (Å²) < 4.78 is 0. The monoisotopic (exact) mass is 352 g/mol. The number of carbonyl (C=O) groups is 1. The van der Waals surface area contributed by atoms with Gasteiger partial charge in [-0.1, -0.05) is 57.4 Å². The fourth-order valence-corrected chi connectivity index (χ4v) is 3.58. The van der Waals surface area contributed by atoms with Crippen LogP contribution in [0.1, 0.15) is 71.6 Å². The second kappa shape index (κ2) is 12.3. The standard InChI is InChI=1S/C21H36O4/c1-3-4-7-10-16(2)13-14-18-17(19(22)15-20(18)23)11-8-5-6-9-12-21(24)25/h5,8,13-14,16-20,22-23H,3-4,6-7,9-12,15H2,1-2H3,(H,24,25). The quantitative estimate of drug-likeness (QED) is 0.361. The molecule has 0 heterocycles. The van der Waals surface area contributed by atoms with Crippen molar-refractivity contribution in [2.75, 3.05) is 0 Å². The van der Waals surface area contributed by atoms with E-state index in [2.05, 4.69) is 26.0 Å². The van der Waals surface area contributed by atoms with Crippen LogP contribution in [0.2, 0.25) is 0 Å². The Morgan fingerprint density at radius 2 is 1.92 bits per heavy atom. The fourth-order valence-electron chi connectivity index (χ4n) is 3.58. The molecular weight excluding hydrogens is 316 g/mol. The fraction of sp³-hybridized carbons (Fsp3) is 0.762. The van der Waals surface area contributed by atoms with Crippen LogP contribution in [0.5, 0.6) is 0 Å². The van der Waals surface area contributed by atoms with E-state index in [1.54, 1.807) is 0 Å². The Morgan fingerprint density at radius 3 is 2.60 bits per heavy atom. The highest BCUT2D eigenvalue weighted by Crippen LogP contribution is 2.36. The topological polar surface area (TPSA) is 77.8 Å². The van der Waals surface area contributed by atoms with Gasteiger partial charge in [0.05, 0.1) is 12.2 Å². The Hall–Kier alpha value is -1.13. The number of aliphatic hydroxyl groups excluding tert-OH is 2. The molecule has 1 saturated carbocycles. The van der Waals surface area contributed by atoms with Gasteiger partial charge < -0.3 is 15.3 Å². The van der Waals surface area contributed by atoms with E-state index in [0.29, 0.717) is 18.8 Å².